The van der Waals surface area contributed by atoms with Crippen LogP contribution in [0.15, 0.2) is 63.5 Å². The minimum Gasteiger partial charge on any atom is -0.493 e. The number of thiazole rings is 1. The fourth-order valence-electron chi connectivity index (χ4n) is 4.40. The van der Waals surface area contributed by atoms with Gasteiger partial charge in [-0.15, -0.1) is 0 Å². The van der Waals surface area contributed by atoms with Crippen LogP contribution in [-0.4, -0.2) is 37.0 Å². The number of hydrogen-bond donors (Lipinski definition) is 0. The van der Waals surface area contributed by atoms with Gasteiger partial charge in [-0.25, -0.2) is 9.79 Å². The summed E-state index contributed by atoms with van der Waals surface area (Å²) >= 11 is 1.27. The first kappa shape index (κ1) is 28.2. The van der Waals surface area contributed by atoms with E-state index in [4.69, 9.17) is 18.9 Å². The lowest BCUT2D eigenvalue weighted by Gasteiger charge is -2.25. The lowest BCUT2D eigenvalue weighted by molar-refractivity contribution is -0.139. The van der Waals surface area contributed by atoms with Gasteiger partial charge in [-0.2, -0.15) is 0 Å². The van der Waals surface area contributed by atoms with Crippen molar-refractivity contribution in [2.45, 2.75) is 53.2 Å². The molecule has 0 bridgehead atoms. The number of rotatable bonds is 10. The third-order valence-electron chi connectivity index (χ3n) is 6.05. The summed E-state index contributed by atoms with van der Waals surface area (Å²) in [6.45, 7) is 10.2. The molecular formula is C30H34N2O6S. The van der Waals surface area contributed by atoms with Crippen LogP contribution >= 0.6 is 11.3 Å². The monoisotopic (exact) mass is 550 g/mol. The van der Waals surface area contributed by atoms with Gasteiger partial charge in [0.2, 0.25) is 0 Å². The van der Waals surface area contributed by atoms with Crippen LogP contribution in [0.4, 0.5) is 0 Å². The van der Waals surface area contributed by atoms with Crippen molar-refractivity contribution in [2.75, 3.05) is 20.3 Å². The summed E-state index contributed by atoms with van der Waals surface area (Å²) in [6, 6.07) is 12.3. The number of esters is 1. The van der Waals surface area contributed by atoms with Crippen molar-refractivity contribution in [3.8, 4) is 17.2 Å². The maximum absolute atomic E-state index is 13.9. The molecule has 9 heteroatoms. The fraction of sp³-hybridized carbons (Fsp3) is 0.367. The van der Waals surface area contributed by atoms with Gasteiger partial charge in [0.15, 0.2) is 16.3 Å². The molecule has 0 N–H and O–H groups in total. The molecule has 0 radical (unpaired) electrons. The molecule has 3 aromatic rings. The van der Waals surface area contributed by atoms with E-state index >= 15 is 0 Å². The maximum Gasteiger partial charge on any atom is 0.338 e. The van der Waals surface area contributed by atoms with E-state index in [1.54, 1.807) is 37.7 Å². The summed E-state index contributed by atoms with van der Waals surface area (Å²) in [6.07, 6.45) is 2.63. The van der Waals surface area contributed by atoms with Crippen molar-refractivity contribution < 1.29 is 23.7 Å². The number of aromatic nitrogens is 1. The van der Waals surface area contributed by atoms with Crippen molar-refractivity contribution in [1.29, 1.82) is 0 Å². The number of ether oxygens (including phenoxy) is 4. The summed E-state index contributed by atoms with van der Waals surface area (Å²) < 4.78 is 24.8. The molecule has 0 aliphatic carbocycles. The van der Waals surface area contributed by atoms with E-state index in [1.165, 1.54) is 11.3 Å². The minimum atomic E-state index is -0.754. The van der Waals surface area contributed by atoms with Crippen LogP contribution in [0, 0.1) is 0 Å². The van der Waals surface area contributed by atoms with Gasteiger partial charge in [-0.05, 0) is 64.0 Å². The standard InChI is InChI=1S/C30H34N2O6S/c1-7-15-37-22-12-10-9-11-20(22)17-25-28(33)32-27(21-13-14-23(38-18(3)4)24(16-21)35-6)26(29(34)36-8-2)19(5)31-30(32)39-25/h9-14,16-18,27H,7-8,15H2,1-6H3. The van der Waals surface area contributed by atoms with Crippen LogP contribution < -0.4 is 29.1 Å². The Balaban J connectivity index is 1.92. The molecule has 2 heterocycles. The maximum atomic E-state index is 13.9. The van der Waals surface area contributed by atoms with Crippen molar-refractivity contribution in [1.82, 2.24) is 4.57 Å². The number of fused-ring (bicyclic) bond motifs is 1. The van der Waals surface area contributed by atoms with E-state index in [2.05, 4.69) is 4.99 Å². The van der Waals surface area contributed by atoms with Crippen LogP contribution in [0.25, 0.3) is 6.08 Å². The summed E-state index contributed by atoms with van der Waals surface area (Å²) in [5.41, 5.74) is 2.02. The van der Waals surface area contributed by atoms with Crippen LogP contribution in [-0.2, 0) is 9.53 Å². The second kappa shape index (κ2) is 12.3. The molecule has 1 aliphatic heterocycles. The number of nitrogens with zero attached hydrogens (tertiary/aromatic N) is 2. The minimum absolute atomic E-state index is 0.0520. The SMILES string of the molecule is CCCOc1ccccc1C=c1sc2n(c1=O)C(c1ccc(OC(C)C)c(OC)c1)C(C(=O)OCC)=C(C)N=2. The normalized spacial score (nSPS) is 15.2. The molecule has 8 nitrogen and oxygen atoms in total. The summed E-state index contributed by atoms with van der Waals surface area (Å²) in [5.74, 6) is 1.27. The molecule has 0 amide bonds. The number of hydrogen-bond acceptors (Lipinski definition) is 8. The van der Waals surface area contributed by atoms with Crippen LogP contribution in [0.5, 0.6) is 17.2 Å². The first-order chi connectivity index (χ1) is 18.8. The van der Waals surface area contributed by atoms with Gasteiger partial charge in [-0.3, -0.25) is 9.36 Å². The summed E-state index contributed by atoms with van der Waals surface area (Å²) in [4.78, 5) is 32.3. The third-order valence-corrected chi connectivity index (χ3v) is 7.03. The molecule has 0 saturated heterocycles. The number of carbonyl (C=O) groups excluding carboxylic acids is 1. The van der Waals surface area contributed by atoms with Crippen LogP contribution in [0.2, 0.25) is 0 Å². The topological polar surface area (TPSA) is 88.3 Å². The predicted molar refractivity (Wildman–Crippen MR) is 151 cm³/mol. The van der Waals surface area contributed by atoms with Crippen molar-refractivity contribution in [2.24, 2.45) is 4.99 Å². The molecular weight excluding hydrogens is 516 g/mol. The Morgan fingerprint density at radius 2 is 1.90 bits per heavy atom. The van der Waals surface area contributed by atoms with Gasteiger partial charge in [-0.1, -0.05) is 42.5 Å². The average Bonchev–Trinajstić information content (AvgIpc) is 3.21. The van der Waals surface area contributed by atoms with Crippen molar-refractivity contribution >= 4 is 23.4 Å². The molecule has 1 aromatic heterocycles. The Kier molecular flexibility index (Phi) is 8.91. The molecule has 4 rings (SSSR count). The number of para-hydroxylation sites is 1. The lowest BCUT2D eigenvalue weighted by Crippen LogP contribution is -2.40. The summed E-state index contributed by atoms with van der Waals surface area (Å²) in [5, 5.41) is 0. The number of benzene rings is 2. The third kappa shape index (κ3) is 5.93. The Morgan fingerprint density at radius 3 is 2.59 bits per heavy atom. The zero-order valence-electron chi connectivity index (χ0n) is 23.1. The van der Waals surface area contributed by atoms with Gasteiger partial charge in [0.05, 0.1) is 48.3 Å². The zero-order chi connectivity index (χ0) is 28.1. The molecule has 1 atom stereocenters. The number of carbonyl (C=O) groups is 1. The highest BCUT2D eigenvalue weighted by molar-refractivity contribution is 7.07. The summed E-state index contributed by atoms with van der Waals surface area (Å²) in [7, 11) is 1.56. The van der Waals surface area contributed by atoms with Crippen molar-refractivity contribution in [3.05, 3.63) is 84.5 Å². The Morgan fingerprint density at radius 1 is 1.13 bits per heavy atom. The fourth-order valence-corrected chi connectivity index (χ4v) is 5.43. The van der Waals surface area contributed by atoms with Gasteiger partial charge < -0.3 is 18.9 Å². The van der Waals surface area contributed by atoms with E-state index in [9.17, 15) is 9.59 Å². The largest absolute Gasteiger partial charge is 0.493 e. The van der Waals surface area contributed by atoms with Gasteiger partial charge >= 0.3 is 5.97 Å². The zero-order valence-corrected chi connectivity index (χ0v) is 24.0. The molecule has 39 heavy (non-hydrogen) atoms. The van der Waals surface area contributed by atoms with Gasteiger partial charge in [0.25, 0.3) is 5.56 Å². The average molecular weight is 551 g/mol. The Hall–Kier alpha value is -3.85. The molecule has 1 aliphatic rings. The predicted octanol–water partition coefficient (Wildman–Crippen LogP) is 4.38. The molecule has 2 aromatic carbocycles. The molecule has 1 unspecified atom stereocenters. The second-order valence-corrected chi connectivity index (χ2v) is 10.3. The number of methoxy groups -OCH3 is 1. The first-order valence-corrected chi connectivity index (χ1v) is 13.9. The number of allylic oxidation sites excluding steroid dienone is 1. The van der Waals surface area contributed by atoms with Crippen LogP contribution in [0.1, 0.15) is 58.2 Å². The Bertz CT molecular complexity index is 1570. The van der Waals surface area contributed by atoms with Gasteiger partial charge in [0, 0.05) is 5.56 Å². The molecule has 0 saturated carbocycles. The van der Waals surface area contributed by atoms with E-state index in [1.807, 2.05) is 57.2 Å². The molecule has 206 valence electrons. The smallest absolute Gasteiger partial charge is 0.338 e. The highest BCUT2D eigenvalue weighted by Gasteiger charge is 2.34. The van der Waals surface area contributed by atoms with Crippen LogP contribution in [0.3, 0.4) is 0 Å². The van der Waals surface area contributed by atoms with E-state index in [-0.39, 0.29) is 18.3 Å². The molecule has 0 fully saturated rings. The highest BCUT2D eigenvalue weighted by atomic mass is 32.1. The van der Waals surface area contributed by atoms with Gasteiger partial charge in [0.1, 0.15) is 5.75 Å². The molecule has 0 spiro atoms. The quantitative estimate of drug-likeness (QED) is 0.348. The second-order valence-electron chi connectivity index (χ2n) is 9.27. The first-order valence-electron chi connectivity index (χ1n) is 13.0. The van der Waals surface area contributed by atoms with Crippen molar-refractivity contribution in [3.63, 3.8) is 0 Å². The van der Waals surface area contributed by atoms with E-state index in [0.29, 0.717) is 50.0 Å². The highest BCUT2D eigenvalue weighted by Crippen LogP contribution is 2.36. The Labute approximate surface area is 231 Å². The van der Waals surface area contributed by atoms with E-state index < -0.39 is 12.0 Å². The van der Waals surface area contributed by atoms with E-state index in [0.717, 1.165) is 12.0 Å². The lowest BCUT2D eigenvalue weighted by atomic mass is 9.95.